The highest BCUT2D eigenvalue weighted by Crippen LogP contribution is 2.12. The largest absolute Gasteiger partial charge is 0.392 e. The Labute approximate surface area is 121 Å². The van der Waals surface area contributed by atoms with E-state index in [9.17, 15) is 19.5 Å². The number of Topliss-reactive ketones (excluding diaryl/α,β-unsaturated/α-hetero) is 1. The molecule has 4 N–H and O–H groups in total. The van der Waals surface area contributed by atoms with Crippen molar-refractivity contribution in [2.24, 2.45) is 0 Å². The van der Waals surface area contributed by atoms with Crippen LogP contribution in [-0.4, -0.2) is 51.1 Å². The average molecular weight is 296 g/mol. The maximum absolute atomic E-state index is 12.3. The topological polar surface area (TPSA) is 121 Å². The highest BCUT2D eigenvalue weighted by atomic mass is 16.3. The number of piperidine rings is 1. The molecule has 8 nitrogen and oxygen atoms in total. The molecule has 0 aliphatic carbocycles. The van der Waals surface area contributed by atoms with Gasteiger partial charge in [-0.15, -0.1) is 0 Å². The summed E-state index contributed by atoms with van der Waals surface area (Å²) in [4.78, 5) is 39.6. The predicted octanol–water partition coefficient (Wildman–Crippen LogP) is -1.22. The molecule has 1 unspecified atom stereocenters. The summed E-state index contributed by atoms with van der Waals surface area (Å²) in [5, 5.41) is 9.60. The molecule has 1 aliphatic heterocycles. The fraction of sp³-hybridized carbons (Fsp3) is 0.615. The average Bonchev–Trinajstić information content (AvgIpc) is 2.38. The Morgan fingerprint density at radius 2 is 2.19 bits per heavy atom. The lowest BCUT2D eigenvalue weighted by Gasteiger charge is -2.29. The van der Waals surface area contributed by atoms with Crippen LogP contribution in [0.15, 0.2) is 9.59 Å². The zero-order valence-electron chi connectivity index (χ0n) is 12.0. The van der Waals surface area contributed by atoms with Crippen molar-refractivity contribution in [3.05, 3.63) is 26.4 Å². The number of rotatable bonds is 4. The Kier molecular flexibility index (Phi) is 4.59. The molecular formula is C13H20N4O4. The first-order valence-corrected chi connectivity index (χ1v) is 7.00. The molecule has 1 fully saturated rings. The smallest absolute Gasteiger partial charge is 0.329 e. The van der Waals surface area contributed by atoms with Crippen molar-refractivity contribution >= 4 is 11.6 Å². The molecule has 2 rings (SSSR count). The van der Waals surface area contributed by atoms with Gasteiger partial charge in [0, 0.05) is 13.1 Å². The van der Waals surface area contributed by atoms with Crippen molar-refractivity contribution < 1.29 is 9.90 Å². The molecule has 21 heavy (non-hydrogen) atoms. The summed E-state index contributed by atoms with van der Waals surface area (Å²) in [6.07, 6.45) is 1.06. The second-order valence-corrected chi connectivity index (χ2v) is 5.22. The van der Waals surface area contributed by atoms with Crippen molar-refractivity contribution in [2.75, 3.05) is 25.4 Å². The molecule has 2 heterocycles. The number of aromatic amines is 1. The van der Waals surface area contributed by atoms with Gasteiger partial charge in [-0.3, -0.25) is 24.0 Å². The summed E-state index contributed by atoms with van der Waals surface area (Å²) >= 11 is 0. The fourth-order valence-corrected chi connectivity index (χ4v) is 2.63. The Balaban J connectivity index is 2.27. The number of hydrogen-bond donors (Lipinski definition) is 3. The van der Waals surface area contributed by atoms with Crippen molar-refractivity contribution in [2.45, 2.75) is 32.4 Å². The highest BCUT2D eigenvalue weighted by Gasteiger charge is 2.24. The minimum absolute atomic E-state index is 0.00621. The maximum Gasteiger partial charge on any atom is 0.329 e. The number of carbonyl (C=O) groups excluding carboxylic acids is 1. The van der Waals surface area contributed by atoms with Gasteiger partial charge in [-0.1, -0.05) is 0 Å². The fourth-order valence-electron chi connectivity index (χ4n) is 2.63. The van der Waals surface area contributed by atoms with Gasteiger partial charge >= 0.3 is 5.69 Å². The quantitative estimate of drug-likeness (QED) is 0.599. The van der Waals surface area contributed by atoms with Gasteiger partial charge in [0.25, 0.3) is 5.56 Å². The van der Waals surface area contributed by atoms with Crippen LogP contribution in [0.2, 0.25) is 0 Å². The zero-order valence-corrected chi connectivity index (χ0v) is 12.0. The van der Waals surface area contributed by atoms with E-state index >= 15 is 0 Å². The second kappa shape index (κ2) is 6.23. The Morgan fingerprint density at radius 1 is 1.48 bits per heavy atom. The molecule has 1 aromatic heterocycles. The van der Waals surface area contributed by atoms with E-state index in [0.717, 1.165) is 11.0 Å². The van der Waals surface area contributed by atoms with Crippen LogP contribution in [0.3, 0.4) is 0 Å². The van der Waals surface area contributed by atoms with Gasteiger partial charge in [-0.2, -0.15) is 0 Å². The summed E-state index contributed by atoms with van der Waals surface area (Å²) in [5.41, 5.74) is 4.22. The first kappa shape index (κ1) is 15.5. The first-order valence-electron chi connectivity index (χ1n) is 7.00. The Bertz CT molecular complexity index is 649. The number of carbonyl (C=O) groups is 1. The minimum atomic E-state index is -0.759. The van der Waals surface area contributed by atoms with E-state index in [1.165, 1.54) is 0 Å². The normalized spacial score (nSPS) is 19.6. The molecular weight excluding hydrogens is 276 g/mol. The molecule has 1 aromatic rings. The zero-order chi connectivity index (χ0) is 15.6. The number of anilines is 1. The number of β-amino-alcohol motifs (C(OH)–C–C–N with tert-alkyl or cyclic N) is 1. The van der Waals surface area contributed by atoms with Crippen LogP contribution < -0.4 is 17.0 Å². The minimum Gasteiger partial charge on any atom is -0.392 e. The van der Waals surface area contributed by atoms with Crippen LogP contribution in [0, 0.1) is 0 Å². The van der Waals surface area contributed by atoms with Gasteiger partial charge in [0.2, 0.25) is 0 Å². The van der Waals surface area contributed by atoms with Crippen molar-refractivity contribution in [1.29, 1.82) is 0 Å². The standard InChI is InChI=1S/C13H20N4O4/c1-2-17-11(14)10(12(20)15-13(17)21)9(19)7-16-5-3-4-8(18)6-16/h8,18H,2-7,14H2,1H3,(H,15,20,21). The number of aliphatic hydroxyl groups is 1. The summed E-state index contributed by atoms with van der Waals surface area (Å²) in [6, 6.07) is 0. The first-order chi connectivity index (χ1) is 9.93. The van der Waals surface area contributed by atoms with Crippen molar-refractivity contribution in [3.8, 4) is 0 Å². The number of aromatic nitrogens is 2. The third-order valence-electron chi connectivity index (χ3n) is 3.68. The van der Waals surface area contributed by atoms with E-state index in [-0.39, 0.29) is 24.5 Å². The molecule has 0 radical (unpaired) electrons. The number of hydrogen-bond acceptors (Lipinski definition) is 6. The van der Waals surface area contributed by atoms with Gasteiger partial charge in [-0.05, 0) is 26.3 Å². The van der Waals surface area contributed by atoms with Gasteiger partial charge in [0.05, 0.1) is 12.6 Å². The Hall–Kier alpha value is -1.93. The summed E-state index contributed by atoms with van der Waals surface area (Å²) in [5.74, 6) is -0.543. The molecule has 1 atom stereocenters. The summed E-state index contributed by atoms with van der Waals surface area (Å²) < 4.78 is 1.15. The van der Waals surface area contributed by atoms with Gasteiger partial charge in [0.1, 0.15) is 11.4 Å². The van der Waals surface area contributed by atoms with E-state index in [4.69, 9.17) is 5.73 Å². The molecule has 0 bridgehead atoms. The predicted molar refractivity (Wildman–Crippen MR) is 77.4 cm³/mol. The summed E-state index contributed by atoms with van der Waals surface area (Å²) in [7, 11) is 0. The molecule has 116 valence electrons. The third-order valence-corrected chi connectivity index (χ3v) is 3.68. The number of nitrogens with two attached hydrogens (primary N) is 1. The van der Waals surface area contributed by atoms with Gasteiger partial charge < -0.3 is 10.8 Å². The van der Waals surface area contributed by atoms with Crippen LogP contribution in [0.25, 0.3) is 0 Å². The van der Waals surface area contributed by atoms with Gasteiger partial charge in [-0.25, -0.2) is 4.79 Å². The molecule has 0 saturated carbocycles. The Morgan fingerprint density at radius 3 is 2.81 bits per heavy atom. The van der Waals surface area contributed by atoms with Crippen LogP contribution >= 0.6 is 0 Å². The van der Waals surface area contributed by atoms with Crippen LogP contribution in [-0.2, 0) is 6.54 Å². The molecule has 0 aromatic carbocycles. The number of nitrogen functional groups attached to an aromatic ring is 1. The van der Waals surface area contributed by atoms with Crippen molar-refractivity contribution in [1.82, 2.24) is 14.5 Å². The van der Waals surface area contributed by atoms with Crippen LogP contribution in [0.5, 0.6) is 0 Å². The molecule has 1 saturated heterocycles. The van der Waals surface area contributed by atoms with Crippen LogP contribution in [0.4, 0.5) is 5.82 Å². The number of aliphatic hydroxyl groups excluding tert-OH is 1. The van der Waals surface area contributed by atoms with Crippen LogP contribution in [0.1, 0.15) is 30.1 Å². The number of nitrogens with zero attached hydrogens (tertiary/aromatic N) is 2. The monoisotopic (exact) mass is 296 g/mol. The van der Waals surface area contributed by atoms with E-state index in [0.29, 0.717) is 19.5 Å². The molecule has 1 aliphatic rings. The lowest BCUT2D eigenvalue weighted by molar-refractivity contribution is 0.0633. The number of nitrogens with one attached hydrogen (secondary N) is 1. The highest BCUT2D eigenvalue weighted by molar-refractivity contribution is 6.01. The maximum atomic E-state index is 12.3. The second-order valence-electron chi connectivity index (χ2n) is 5.22. The number of likely N-dealkylation sites (tertiary alicyclic amines) is 1. The van der Waals surface area contributed by atoms with Gasteiger partial charge in [0.15, 0.2) is 5.78 Å². The lowest BCUT2D eigenvalue weighted by atomic mass is 10.1. The van der Waals surface area contributed by atoms with E-state index in [1.54, 1.807) is 11.8 Å². The van der Waals surface area contributed by atoms with Crippen molar-refractivity contribution in [3.63, 3.8) is 0 Å². The SMILES string of the molecule is CCn1c(N)c(C(=O)CN2CCCC(O)C2)c(=O)[nH]c1=O. The molecule has 0 amide bonds. The molecule has 0 spiro atoms. The van der Waals surface area contributed by atoms with E-state index in [2.05, 4.69) is 4.98 Å². The third kappa shape index (κ3) is 3.22. The number of H-pyrrole nitrogens is 1. The molecule has 8 heteroatoms. The summed E-state index contributed by atoms with van der Waals surface area (Å²) in [6.45, 7) is 3.06. The van der Waals surface area contributed by atoms with E-state index in [1.807, 2.05) is 0 Å². The van der Waals surface area contributed by atoms with E-state index < -0.39 is 23.1 Å². The lowest BCUT2D eigenvalue weighted by Crippen LogP contribution is -2.43. The number of ketones is 1.